The highest BCUT2D eigenvalue weighted by Gasteiger charge is 2.14. The first kappa shape index (κ1) is 15.4. The molecule has 1 unspecified atom stereocenters. The van der Waals surface area contributed by atoms with Gasteiger partial charge in [0.1, 0.15) is 0 Å². The van der Waals surface area contributed by atoms with E-state index in [4.69, 9.17) is 0 Å². The maximum Gasteiger partial charge on any atom is 0.253 e. The Bertz CT molecular complexity index is 676. The van der Waals surface area contributed by atoms with E-state index in [9.17, 15) is 4.79 Å². The van der Waals surface area contributed by atoms with Crippen LogP contribution in [0, 0.1) is 20.8 Å². The molecule has 0 spiro atoms. The van der Waals surface area contributed by atoms with E-state index in [0.29, 0.717) is 6.54 Å². The van der Waals surface area contributed by atoms with E-state index in [0.717, 1.165) is 12.2 Å². The zero-order valence-electron chi connectivity index (χ0n) is 13.2. The largest absolute Gasteiger partial charge is 0.309 e. The zero-order valence-corrected chi connectivity index (χ0v) is 13.2. The van der Waals surface area contributed by atoms with Gasteiger partial charge in [-0.25, -0.2) is 4.98 Å². The van der Waals surface area contributed by atoms with Crippen molar-refractivity contribution in [3.05, 3.63) is 63.3 Å². The molecule has 4 heteroatoms. The molecule has 1 aromatic carbocycles. The van der Waals surface area contributed by atoms with Gasteiger partial charge in [0.2, 0.25) is 0 Å². The van der Waals surface area contributed by atoms with Gasteiger partial charge in [-0.1, -0.05) is 30.7 Å². The topological polar surface area (TPSA) is 46.9 Å². The Kier molecular flexibility index (Phi) is 4.91. The summed E-state index contributed by atoms with van der Waals surface area (Å²) < 4.78 is 1.67. The van der Waals surface area contributed by atoms with Crippen molar-refractivity contribution in [3.8, 4) is 0 Å². The number of rotatable bonds is 5. The highest BCUT2D eigenvalue weighted by Crippen LogP contribution is 2.20. The van der Waals surface area contributed by atoms with Crippen LogP contribution in [-0.4, -0.2) is 16.1 Å². The Morgan fingerprint density at radius 1 is 1.24 bits per heavy atom. The smallest absolute Gasteiger partial charge is 0.253 e. The summed E-state index contributed by atoms with van der Waals surface area (Å²) >= 11 is 0. The van der Waals surface area contributed by atoms with Crippen molar-refractivity contribution in [1.82, 2.24) is 14.9 Å². The summed E-state index contributed by atoms with van der Waals surface area (Å²) in [5.41, 5.74) is 4.45. The molecule has 0 bridgehead atoms. The van der Waals surface area contributed by atoms with Crippen LogP contribution >= 0.6 is 0 Å². The predicted molar refractivity (Wildman–Crippen MR) is 85.6 cm³/mol. The number of benzene rings is 1. The first-order valence-corrected chi connectivity index (χ1v) is 7.35. The van der Waals surface area contributed by atoms with Gasteiger partial charge in [0.05, 0.1) is 12.4 Å². The molecule has 0 saturated heterocycles. The number of aryl methyl sites for hydroxylation is 3. The van der Waals surface area contributed by atoms with Crippen LogP contribution in [0.5, 0.6) is 0 Å². The average molecular weight is 285 g/mol. The second kappa shape index (κ2) is 6.68. The zero-order chi connectivity index (χ0) is 15.4. The second-order valence-electron chi connectivity index (χ2n) is 5.49. The fourth-order valence-electron chi connectivity index (χ4n) is 2.50. The molecule has 0 aliphatic carbocycles. The monoisotopic (exact) mass is 285 g/mol. The lowest BCUT2D eigenvalue weighted by Gasteiger charge is -2.22. The lowest BCUT2D eigenvalue weighted by molar-refractivity contribution is 0.461. The van der Waals surface area contributed by atoms with Crippen molar-refractivity contribution in [2.24, 2.45) is 0 Å². The van der Waals surface area contributed by atoms with Crippen molar-refractivity contribution in [3.63, 3.8) is 0 Å². The van der Waals surface area contributed by atoms with Crippen LogP contribution in [0.15, 0.2) is 35.4 Å². The Morgan fingerprint density at radius 2 is 2.00 bits per heavy atom. The lowest BCUT2D eigenvalue weighted by atomic mass is 9.98. The Hall–Kier alpha value is -1.94. The van der Waals surface area contributed by atoms with Gasteiger partial charge >= 0.3 is 0 Å². The molecular formula is C17H23N3O. The van der Waals surface area contributed by atoms with Gasteiger partial charge in [-0.15, -0.1) is 0 Å². The minimum atomic E-state index is -0.00397. The molecule has 112 valence electrons. The van der Waals surface area contributed by atoms with Crippen molar-refractivity contribution in [1.29, 1.82) is 0 Å². The second-order valence-corrected chi connectivity index (χ2v) is 5.49. The molecule has 1 N–H and O–H groups in total. The first-order chi connectivity index (χ1) is 10.0. The number of hydrogen-bond acceptors (Lipinski definition) is 3. The molecule has 0 aliphatic heterocycles. The number of nitrogens with one attached hydrogen (secondary N) is 1. The van der Waals surface area contributed by atoms with E-state index in [1.807, 2.05) is 6.92 Å². The summed E-state index contributed by atoms with van der Waals surface area (Å²) in [6.07, 6.45) is 1.63. The third kappa shape index (κ3) is 3.79. The van der Waals surface area contributed by atoms with Crippen LogP contribution in [0.1, 0.15) is 35.3 Å². The van der Waals surface area contributed by atoms with Crippen LogP contribution in [0.3, 0.4) is 0 Å². The molecule has 0 saturated carbocycles. The molecule has 0 aliphatic rings. The van der Waals surface area contributed by atoms with Gasteiger partial charge in [-0.3, -0.25) is 9.36 Å². The van der Waals surface area contributed by atoms with Gasteiger partial charge in [0, 0.05) is 18.3 Å². The van der Waals surface area contributed by atoms with E-state index in [1.54, 1.807) is 17.0 Å². The molecule has 2 aromatic rings. The van der Waals surface area contributed by atoms with Crippen molar-refractivity contribution in [2.45, 2.75) is 40.3 Å². The lowest BCUT2D eigenvalue weighted by Crippen LogP contribution is -2.31. The van der Waals surface area contributed by atoms with E-state index in [1.165, 1.54) is 16.7 Å². The molecule has 0 fully saturated rings. The fourth-order valence-corrected chi connectivity index (χ4v) is 2.50. The van der Waals surface area contributed by atoms with E-state index in [2.05, 4.69) is 49.3 Å². The predicted octanol–water partition coefficient (Wildman–Crippen LogP) is 2.52. The highest BCUT2D eigenvalue weighted by atomic mass is 16.1. The van der Waals surface area contributed by atoms with E-state index < -0.39 is 0 Å². The Balaban J connectivity index is 2.35. The van der Waals surface area contributed by atoms with Gasteiger partial charge < -0.3 is 5.32 Å². The number of aromatic nitrogens is 2. The van der Waals surface area contributed by atoms with Crippen LogP contribution in [-0.2, 0) is 6.54 Å². The number of nitrogens with zero attached hydrogens (tertiary/aromatic N) is 2. The number of likely N-dealkylation sites (N-methyl/N-ethyl adjacent to an activating group) is 1. The van der Waals surface area contributed by atoms with Crippen LogP contribution in [0.25, 0.3) is 0 Å². The summed E-state index contributed by atoms with van der Waals surface area (Å²) in [6, 6.07) is 8.12. The van der Waals surface area contributed by atoms with Crippen molar-refractivity contribution < 1.29 is 0 Å². The molecule has 21 heavy (non-hydrogen) atoms. The van der Waals surface area contributed by atoms with Gasteiger partial charge in [0.15, 0.2) is 0 Å². The minimum Gasteiger partial charge on any atom is -0.309 e. The van der Waals surface area contributed by atoms with Gasteiger partial charge in [-0.05, 0) is 38.4 Å². The van der Waals surface area contributed by atoms with E-state index in [-0.39, 0.29) is 11.6 Å². The summed E-state index contributed by atoms with van der Waals surface area (Å²) in [5.74, 6) is 0. The van der Waals surface area contributed by atoms with E-state index >= 15 is 0 Å². The first-order valence-electron chi connectivity index (χ1n) is 7.35. The van der Waals surface area contributed by atoms with Gasteiger partial charge in [-0.2, -0.15) is 0 Å². The molecule has 2 rings (SSSR count). The SMILES string of the molecule is CCNC(Cn1cnc(C)cc1=O)c1cc(C)ccc1C. The summed E-state index contributed by atoms with van der Waals surface area (Å²) in [4.78, 5) is 16.3. The Morgan fingerprint density at radius 3 is 2.67 bits per heavy atom. The quantitative estimate of drug-likeness (QED) is 0.918. The van der Waals surface area contributed by atoms with Crippen LogP contribution in [0.2, 0.25) is 0 Å². The summed E-state index contributed by atoms with van der Waals surface area (Å²) in [5, 5.41) is 3.47. The minimum absolute atomic E-state index is 0.00397. The molecule has 1 aromatic heterocycles. The molecule has 0 amide bonds. The normalized spacial score (nSPS) is 12.4. The van der Waals surface area contributed by atoms with Gasteiger partial charge in [0.25, 0.3) is 5.56 Å². The Labute approximate surface area is 125 Å². The van der Waals surface area contributed by atoms with Crippen molar-refractivity contribution >= 4 is 0 Å². The maximum absolute atomic E-state index is 12.1. The molecule has 1 atom stereocenters. The highest BCUT2D eigenvalue weighted by molar-refractivity contribution is 5.33. The van der Waals surface area contributed by atoms with Crippen LogP contribution in [0.4, 0.5) is 0 Å². The number of hydrogen-bond donors (Lipinski definition) is 1. The summed E-state index contributed by atoms with van der Waals surface area (Å²) in [6.45, 7) is 9.55. The molecule has 4 nitrogen and oxygen atoms in total. The standard InChI is InChI=1S/C17H23N3O/c1-5-18-16(15-8-12(2)6-7-13(15)3)10-20-11-19-14(4)9-17(20)21/h6-9,11,16,18H,5,10H2,1-4H3. The molecule has 0 radical (unpaired) electrons. The third-order valence-corrected chi connectivity index (χ3v) is 3.66. The maximum atomic E-state index is 12.1. The average Bonchev–Trinajstić information content (AvgIpc) is 2.44. The molecular weight excluding hydrogens is 262 g/mol. The molecule has 1 heterocycles. The van der Waals surface area contributed by atoms with Crippen molar-refractivity contribution in [2.75, 3.05) is 6.54 Å². The fraction of sp³-hybridized carbons (Fsp3) is 0.412. The summed E-state index contributed by atoms with van der Waals surface area (Å²) in [7, 11) is 0. The van der Waals surface area contributed by atoms with Crippen LogP contribution < -0.4 is 10.9 Å². The third-order valence-electron chi connectivity index (χ3n) is 3.66.